The zero-order valence-electron chi connectivity index (χ0n) is 41.2. The number of nitrogens with one attached hydrogen (secondary N) is 1. The predicted octanol–water partition coefficient (Wildman–Crippen LogP) is 15.7. The Morgan fingerprint density at radius 3 is 0.951 bits per heavy atom. The number of carbonyl (C=O) groups is 1. The van der Waals surface area contributed by atoms with Crippen LogP contribution in [0.3, 0.4) is 0 Å². The molecule has 5 N–H and O–H groups in total. The first-order chi connectivity index (χ1) is 30.0. The van der Waals surface area contributed by atoms with Gasteiger partial charge in [-0.25, -0.2) is 0 Å². The molecule has 0 rings (SSSR count). The second-order valence-electron chi connectivity index (χ2n) is 19.3. The molecule has 0 spiro atoms. The highest BCUT2D eigenvalue weighted by Crippen LogP contribution is 2.18. The topological polar surface area (TPSA) is 110 Å². The van der Waals surface area contributed by atoms with E-state index in [-0.39, 0.29) is 0 Å². The van der Waals surface area contributed by atoms with Gasteiger partial charge < -0.3 is 25.7 Å². The Morgan fingerprint density at radius 1 is 0.393 bits per heavy atom. The van der Waals surface area contributed by atoms with Crippen LogP contribution in [0.2, 0.25) is 0 Å². The Labute approximate surface area is 381 Å². The highest BCUT2D eigenvalue weighted by atomic mass is 16.3. The summed E-state index contributed by atoms with van der Waals surface area (Å²) in [5, 5.41) is 44.0. The fourth-order valence-corrected chi connectivity index (χ4v) is 8.87. The fourth-order valence-electron chi connectivity index (χ4n) is 8.87. The van der Waals surface area contributed by atoms with E-state index in [1.807, 2.05) is 0 Å². The highest BCUT2D eigenvalue weighted by molar-refractivity contribution is 5.80. The molecule has 6 heteroatoms. The molecule has 4 unspecified atom stereocenters. The van der Waals surface area contributed by atoms with Crippen LogP contribution in [-0.2, 0) is 4.79 Å². The number of hydrogen-bond acceptors (Lipinski definition) is 5. The van der Waals surface area contributed by atoms with E-state index in [0.29, 0.717) is 12.8 Å². The van der Waals surface area contributed by atoms with Gasteiger partial charge in [-0.05, 0) is 38.5 Å². The Hall–Kier alpha value is -0.950. The summed E-state index contributed by atoms with van der Waals surface area (Å²) in [5.41, 5.74) is 0. The summed E-state index contributed by atoms with van der Waals surface area (Å²) in [7, 11) is 0. The van der Waals surface area contributed by atoms with Crippen molar-refractivity contribution in [3.63, 3.8) is 0 Å². The molecule has 61 heavy (non-hydrogen) atoms. The van der Waals surface area contributed by atoms with Crippen LogP contribution in [0.4, 0.5) is 0 Å². The lowest BCUT2D eigenvalue weighted by atomic mass is 9.99. The van der Waals surface area contributed by atoms with Crippen LogP contribution < -0.4 is 5.32 Å². The van der Waals surface area contributed by atoms with Crippen LogP contribution in [0, 0.1) is 0 Å². The smallest absolute Gasteiger partial charge is 0.249 e. The SMILES string of the molecule is CCCCCCCCCCCCCC/C=C\CCCCCCCCCCCCC(O)C(=O)NC(CO)C(O)C(O)CCCCCCCCCCCCCCCCCCCCC. The average Bonchev–Trinajstić information content (AvgIpc) is 3.26. The molecule has 0 aromatic rings. The second-order valence-corrected chi connectivity index (χ2v) is 19.3. The average molecular weight is 864 g/mol. The minimum Gasteiger partial charge on any atom is -0.394 e. The number of carbonyl (C=O) groups excluding carboxylic acids is 1. The number of unbranched alkanes of at least 4 members (excludes halogenated alkanes) is 40. The van der Waals surface area contributed by atoms with Crippen molar-refractivity contribution in [3.05, 3.63) is 12.2 Å². The van der Waals surface area contributed by atoms with Crippen molar-refractivity contribution in [2.75, 3.05) is 6.61 Å². The van der Waals surface area contributed by atoms with Gasteiger partial charge in [-0.3, -0.25) is 4.79 Å². The second kappa shape index (κ2) is 50.1. The number of aliphatic hydroxyl groups is 4. The Bertz CT molecular complexity index is 882. The van der Waals surface area contributed by atoms with E-state index in [4.69, 9.17) is 0 Å². The largest absolute Gasteiger partial charge is 0.394 e. The van der Waals surface area contributed by atoms with Crippen LogP contribution in [0.5, 0.6) is 0 Å². The minimum absolute atomic E-state index is 0.371. The van der Waals surface area contributed by atoms with Gasteiger partial charge in [-0.15, -0.1) is 0 Å². The van der Waals surface area contributed by atoms with Gasteiger partial charge in [0, 0.05) is 0 Å². The third kappa shape index (κ3) is 44.1. The third-order valence-electron chi connectivity index (χ3n) is 13.2. The molecule has 0 aromatic carbocycles. The molecule has 0 radical (unpaired) electrons. The Kier molecular flexibility index (Phi) is 49.3. The zero-order chi connectivity index (χ0) is 44.5. The lowest BCUT2D eigenvalue weighted by Crippen LogP contribution is -2.53. The van der Waals surface area contributed by atoms with E-state index in [2.05, 4.69) is 31.3 Å². The van der Waals surface area contributed by atoms with Gasteiger partial charge in [0.05, 0.1) is 18.8 Å². The summed E-state index contributed by atoms with van der Waals surface area (Å²) in [6.45, 7) is 4.09. The van der Waals surface area contributed by atoms with Crippen molar-refractivity contribution in [1.82, 2.24) is 5.32 Å². The van der Waals surface area contributed by atoms with Crippen LogP contribution in [0.15, 0.2) is 12.2 Å². The predicted molar refractivity (Wildman–Crippen MR) is 265 cm³/mol. The van der Waals surface area contributed by atoms with Gasteiger partial charge in [-0.2, -0.15) is 0 Å². The molecule has 0 heterocycles. The minimum atomic E-state index is -1.26. The van der Waals surface area contributed by atoms with Crippen LogP contribution in [0.25, 0.3) is 0 Å². The summed E-state index contributed by atoms with van der Waals surface area (Å²) in [6.07, 6.45) is 58.4. The number of rotatable bonds is 51. The first-order valence-electron chi connectivity index (χ1n) is 27.6. The number of hydrogen-bond donors (Lipinski definition) is 5. The molecule has 0 bridgehead atoms. The molecule has 4 atom stereocenters. The van der Waals surface area contributed by atoms with Gasteiger partial charge in [0.1, 0.15) is 12.2 Å². The maximum atomic E-state index is 12.6. The zero-order valence-corrected chi connectivity index (χ0v) is 41.2. The number of allylic oxidation sites excluding steroid dienone is 2. The van der Waals surface area contributed by atoms with Crippen LogP contribution in [0.1, 0.15) is 303 Å². The summed E-state index contributed by atoms with van der Waals surface area (Å²) in [6, 6.07) is -0.983. The van der Waals surface area contributed by atoms with Crippen molar-refractivity contribution >= 4 is 5.91 Å². The quantitative estimate of drug-likeness (QED) is 0.0309. The monoisotopic (exact) mass is 864 g/mol. The van der Waals surface area contributed by atoms with E-state index in [9.17, 15) is 25.2 Å². The lowest BCUT2D eigenvalue weighted by Gasteiger charge is -2.27. The molecule has 6 nitrogen and oxygen atoms in total. The normalized spacial score (nSPS) is 13.9. The molecule has 0 aliphatic carbocycles. The maximum Gasteiger partial charge on any atom is 0.249 e. The summed E-state index contributed by atoms with van der Waals surface area (Å²) >= 11 is 0. The van der Waals surface area contributed by atoms with Crippen molar-refractivity contribution < 1.29 is 25.2 Å². The molecule has 0 aliphatic heterocycles. The first-order valence-corrected chi connectivity index (χ1v) is 27.6. The van der Waals surface area contributed by atoms with E-state index in [0.717, 1.165) is 38.5 Å². The van der Waals surface area contributed by atoms with Crippen LogP contribution in [-0.4, -0.2) is 57.3 Å². The molecule has 364 valence electrons. The third-order valence-corrected chi connectivity index (χ3v) is 13.2. The Morgan fingerprint density at radius 2 is 0.656 bits per heavy atom. The van der Waals surface area contributed by atoms with E-state index < -0.39 is 36.9 Å². The molecule has 0 saturated heterocycles. The summed E-state index contributed by atoms with van der Waals surface area (Å²) in [5.74, 6) is -0.580. The molecule has 0 saturated carbocycles. The van der Waals surface area contributed by atoms with Gasteiger partial charge in [0.15, 0.2) is 0 Å². The van der Waals surface area contributed by atoms with Gasteiger partial charge in [-0.1, -0.05) is 276 Å². The molecular weight excluding hydrogens is 755 g/mol. The molecule has 0 aliphatic rings. The number of aliphatic hydroxyl groups excluding tert-OH is 4. The van der Waals surface area contributed by atoms with Gasteiger partial charge >= 0.3 is 0 Å². The van der Waals surface area contributed by atoms with Gasteiger partial charge in [0.25, 0.3) is 0 Å². The van der Waals surface area contributed by atoms with E-state index >= 15 is 0 Å². The first kappa shape index (κ1) is 60.1. The Balaban J connectivity index is 3.62. The lowest BCUT2D eigenvalue weighted by molar-refractivity contribution is -0.132. The molecule has 1 amide bonds. The van der Waals surface area contributed by atoms with Crippen molar-refractivity contribution in [3.8, 4) is 0 Å². The maximum absolute atomic E-state index is 12.6. The highest BCUT2D eigenvalue weighted by Gasteiger charge is 2.28. The van der Waals surface area contributed by atoms with Crippen molar-refractivity contribution in [1.29, 1.82) is 0 Å². The molecular formula is C55H109NO5. The van der Waals surface area contributed by atoms with Crippen molar-refractivity contribution in [2.45, 2.75) is 327 Å². The van der Waals surface area contributed by atoms with Crippen molar-refractivity contribution in [2.24, 2.45) is 0 Å². The molecule has 0 fully saturated rings. The fraction of sp³-hybridized carbons (Fsp3) is 0.945. The summed E-state index contributed by atoms with van der Waals surface area (Å²) < 4.78 is 0. The van der Waals surface area contributed by atoms with E-state index in [1.54, 1.807) is 0 Å². The standard InChI is InChI=1S/C55H109NO5/c1-3-5-7-9-11-13-15-17-19-21-23-24-25-26-27-28-29-31-33-35-37-39-41-43-45-47-49-53(59)55(61)56-51(50-57)54(60)52(58)48-46-44-42-40-38-36-34-32-30-22-20-18-16-14-12-10-8-6-4-2/h26-27,51-54,57-60H,3-25,28-50H2,1-2H3,(H,56,61)/b27-26-. The van der Waals surface area contributed by atoms with Gasteiger partial charge in [0.2, 0.25) is 5.91 Å². The van der Waals surface area contributed by atoms with E-state index in [1.165, 1.54) is 238 Å². The van der Waals surface area contributed by atoms with Crippen LogP contribution >= 0.6 is 0 Å². The number of amides is 1. The summed E-state index contributed by atoms with van der Waals surface area (Å²) in [4.78, 5) is 12.6. The molecule has 0 aromatic heterocycles.